The molecular weight excluding hydrogens is 391 g/mol. The molecule has 5 rings (SSSR count). The molecule has 30 heavy (non-hydrogen) atoms. The van der Waals surface area contributed by atoms with Gasteiger partial charge in [-0.3, -0.25) is 4.79 Å². The van der Waals surface area contributed by atoms with Crippen LogP contribution in [0.1, 0.15) is 22.0 Å². The van der Waals surface area contributed by atoms with Gasteiger partial charge in [0.25, 0.3) is 8.38 Å². The van der Waals surface area contributed by atoms with E-state index >= 15 is 0 Å². The van der Waals surface area contributed by atoms with E-state index in [-0.39, 0.29) is 5.78 Å². The molecule has 0 aromatic heterocycles. The molecule has 0 spiro atoms. The fraction of sp³-hybridized carbons (Fsp3) is 0.0385. The van der Waals surface area contributed by atoms with E-state index in [1.54, 1.807) is 0 Å². The second kappa shape index (κ2) is 8.23. The van der Waals surface area contributed by atoms with E-state index in [4.69, 9.17) is 9.05 Å². The molecule has 4 heteroatoms. The minimum Gasteiger partial charge on any atom is -0.443 e. The number of carbonyl (C=O) groups is 1. The van der Waals surface area contributed by atoms with Gasteiger partial charge >= 0.3 is 0 Å². The van der Waals surface area contributed by atoms with E-state index in [0.29, 0.717) is 5.56 Å². The molecule has 0 bridgehead atoms. The Morgan fingerprint density at radius 1 is 0.700 bits per heavy atom. The zero-order valence-corrected chi connectivity index (χ0v) is 17.0. The number of hydrogen-bond donors (Lipinski definition) is 0. The van der Waals surface area contributed by atoms with Gasteiger partial charge in [-0.05, 0) is 23.3 Å². The zero-order chi connectivity index (χ0) is 20.3. The van der Waals surface area contributed by atoms with E-state index in [1.807, 2.05) is 103 Å². The molecule has 2 atom stereocenters. The smallest absolute Gasteiger partial charge is 0.266 e. The van der Waals surface area contributed by atoms with Gasteiger partial charge in [0, 0.05) is 11.1 Å². The summed E-state index contributed by atoms with van der Waals surface area (Å²) in [6.45, 7) is 0. The Balaban J connectivity index is 1.55. The topological polar surface area (TPSA) is 35.5 Å². The van der Waals surface area contributed by atoms with Gasteiger partial charge in [0.05, 0.1) is 5.30 Å². The average Bonchev–Trinajstić information content (AvgIpc) is 2.83. The lowest BCUT2D eigenvalue weighted by atomic mass is 10.0. The molecule has 0 aliphatic carbocycles. The highest BCUT2D eigenvalue weighted by molar-refractivity contribution is 7.57. The van der Waals surface area contributed by atoms with Crippen LogP contribution in [0, 0.1) is 0 Å². The SMILES string of the molecule is O=C(c1ccccc1)C(OP1Oc2ccccc2-c2ccccc21)c1ccccc1. The Kier molecular flexibility index (Phi) is 5.15. The summed E-state index contributed by atoms with van der Waals surface area (Å²) in [5.74, 6) is 0.700. The number of rotatable bonds is 5. The molecule has 0 radical (unpaired) electrons. The number of ketones is 1. The van der Waals surface area contributed by atoms with Crippen LogP contribution in [0.2, 0.25) is 0 Å². The lowest BCUT2D eigenvalue weighted by molar-refractivity contribution is 0.0800. The average molecular weight is 410 g/mol. The van der Waals surface area contributed by atoms with Crippen LogP contribution in [0.4, 0.5) is 0 Å². The molecule has 0 amide bonds. The van der Waals surface area contributed by atoms with Crippen molar-refractivity contribution >= 4 is 19.5 Å². The van der Waals surface area contributed by atoms with Gasteiger partial charge in [0.15, 0.2) is 11.9 Å². The highest BCUT2D eigenvalue weighted by Crippen LogP contribution is 2.51. The molecule has 0 saturated carbocycles. The standard InChI is InChI=1S/C26H19O3P/c27-25(19-11-3-1-4-12-19)26(20-13-5-2-6-14-20)29-30-24-18-10-8-16-22(24)21-15-7-9-17-23(21)28-30/h1-18,26H. The number of benzene rings is 4. The third-order valence-electron chi connectivity index (χ3n) is 5.06. The lowest BCUT2D eigenvalue weighted by Gasteiger charge is -2.29. The van der Waals surface area contributed by atoms with Gasteiger partial charge in [0.1, 0.15) is 5.75 Å². The van der Waals surface area contributed by atoms with Crippen LogP contribution in [0.5, 0.6) is 5.75 Å². The van der Waals surface area contributed by atoms with Crippen molar-refractivity contribution in [3.8, 4) is 16.9 Å². The van der Waals surface area contributed by atoms with Crippen molar-refractivity contribution in [3.63, 3.8) is 0 Å². The first-order valence-electron chi connectivity index (χ1n) is 9.79. The molecule has 146 valence electrons. The second-order valence-corrected chi connectivity index (χ2v) is 8.38. The van der Waals surface area contributed by atoms with Crippen LogP contribution in [0.3, 0.4) is 0 Å². The quantitative estimate of drug-likeness (QED) is 0.285. The largest absolute Gasteiger partial charge is 0.443 e. The Bertz CT molecular complexity index is 1180. The van der Waals surface area contributed by atoms with Crippen molar-refractivity contribution in [2.45, 2.75) is 6.10 Å². The van der Waals surface area contributed by atoms with Crippen molar-refractivity contribution in [3.05, 3.63) is 120 Å². The first kappa shape index (κ1) is 18.7. The van der Waals surface area contributed by atoms with Gasteiger partial charge in [-0.2, -0.15) is 0 Å². The maximum atomic E-state index is 13.4. The van der Waals surface area contributed by atoms with Gasteiger partial charge in [-0.15, -0.1) is 0 Å². The fourth-order valence-corrected chi connectivity index (χ4v) is 5.18. The zero-order valence-electron chi connectivity index (χ0n) is 16.1. The summed E-state index contributed by atoms with van der Waals surface area (Å²) in [4.78, 5) is 13.4. The van der Waals surface area contributed by atoms with E-state index in [9.17, 15) is 4.79 Å². The normalized spacial score (nSPS) is 15.4. The molecule has 4 aromatic carbocycles. The molecular formula is C26H19O3P. The maximum Gasteiger partial charge on any atom is 0.266 e. The molecule has 0 N–H and O–H groups in total. The van der Waals surface area contributed by atoms with E-state index in [0.717, 1.165) is 27.7 Å². The molecule has 1 aliphatic heterocycles. The van der Waals surface area contributed by atoms with Crippen molar-refractivity contribution in [1.29, 1.82) is 0 Å². The van der Waals surface area contributed by atoms with Crippen LogP contribution in [0.25, 0.3) is 11.1 Å². The molecule has 3 nitrogen and oxygen atoms in total. The van der Waals surface area contributed by atoms with Crippen LogP contribution in [0.15, 0.2) is 109 Å². The predicted octanol–water partition coefficient (Wildman–Crippen LogP) is 6.32. The summed E-state index contributed by atoms with van der Waals surface area (Å²) < 4.78 is 12.8. The molecule has 2 unspecified atom stereocenters. The van der Waals surface area contributed by atoms with Crippen molar-refractivity contribution in [1.82, 2.24) is 0 Å². The Hall–Kier alpha value is -3.26. The summed E-state index contributed by atoms with van der Waals surface area (Å²) >= 11 is 0. The third-order valence-corrected chi connectivity index (χ3v) is 6.61. The fourth-order valence-electron chi connectivity index (χ4n) is 3.58. The van der Waals surface area contributed by atoms with Gasteiger partial charge in [0.2, 0.25) is 0 Å². The van der Waals surface area contributed by atoms with E-state index in [1.165, 1.54) is 0 Å². The summed E-state index contributed by atoms with van der Waals surface area (Å²) in [6, 6.07) is 34.9. The first-order valence-corrected chi connectivity index (χ1v) is 11.0. The minimum atomic E-state index is -1.48. The highest BCUT2D eigenvalue weighted by atomic mass is 31.2. The Morgan fingerprint density at radius 2 is 1.30 bits per heavy atom. The van der Waals surface area contributed by atoms with Crippen LogP contribution in [-0.4, -0.2) is 5.78 Å². The number of hydrogen-bond acceptors (Lipinski definition) is 3. The monoisotopic (exact) mass is 410 g/mol. The molecule has 1 aliphatic rings. The van der Waals surface area contributed by atoms with Gasteiger partial charge in [-0.25, -0.2) is 0 Å². The highest BCUT2D eigenvalue weighted by Gasteiger charge is 2.33. The first-order chi connectivity index (χ1) is 14.8. The summed E-state index contributed by atoms with van der Waals surface area (Å²) in [5, 5.41) is 0.980. The maximum absolute atomic E-state index is 13.4. The van der Waals surface area contributed by atoms with Crippen LogP contribution in [-0.2, 0) is 4.52 Å². The molecule has 4 aromatic rings. The predicted molar refractivity (Wildman–Crippen MR) is 120 cm³/mol. The van der Waals surface area contributed by atoms with Crippen molar-refractivity contribution < 1.29 is 13.8 Å². The number of fused-ring (bicyclic) bond motifs is 3. The summed E-state index contributed by atoms with van der Waals surface area (Å²) in [7, 11) is -1.48. The molecule has 1 heterocycles. The Labute approximate surface area is 176 Å². The van der Waals surface area contributed by atoms with E-state index < -0.39 is 14.5 Å². The lowest BCUT2D eigenvalue weighted by Crippen LogP contribution is -2.21. The van der Waals surface area contributed by atoms with Crippen molar-refractivity contribution in [2.24, 2.45) is 0 Å². The number of Topliss-reactive ketones (excluding diaryl/α,β-unsaturated/α-hetero) is 1. The van der Waals surface area contributed by atoms with Gasteiger partial charge in [-0.1, -0.05) is 97.1 Å². The Morgan fingerprint density at radius 3 is 2.07 bits per heavy atom. The number of para-hydroxylation sites is 1. The number of carbonyl (C=O) groups excluding carboxylic acids is 1. The van der Waals surface area contributed by atoms with Gasteiger partial charge < -0.3 is 9.05 Å². The van der Waals surface area contributed by atoms with Crippen molar-refractivity contribution in [2.75, 3.05) is 0 Å². The van der Waals surface area contributed by atoms with E-state index in [2.05, 4.69) is 6.07 Å². The second-order valence-electron chi connectivity index (χ2n) is 6.99. The summed E-state index contributed by atoms with van der Waals surface area (Å²) in [6.07, 6.45) is -0.752. The summed E-state index contributed by atoms with van der Waals surface area (Å²) in [5.41, 5.74) is 3.56. The third kappa shape index (κ3) is 3.54. The van der Waals surface area contributed by atoms with Crippen LogP contribution >= 0.6 is 8.38 Å². The minimum absolute atomic E-state index is 0.0794. The van der Waals surface area contributed by atoms with Crippen LogP contribution < -0.4 is 9.83 Å². The molecule has 0 fully saturated rings. The molecule has 0 saturated heterocycles.